The molecule has 0 saturated heterocycles. The first kappa shape index (κ1) is 12.4. The summed E-state index contributed by atoms with van der Waals surface area (Å²) in [6.45, 7) is 5.79. The normalized spacial score (nSPS) is 45.6. The van der Waals surface area contributed by atoms with Crippen LogP contribution in [0.25, 0.3) is 0 Å². The first-order valence-electron chi connectivity index (χ1n) is 7.40. The number of nitrogens with two attached hydrogens (primary N) is 1. The van der Waals surface area contributed by atoms with Crippen LogP contribution in [0.3, 0.4) is 0 Å². The molecule has 0 amide bonds. The maximum atomic E-state index is 5.97. The molecule has 3 unspecified atom stereocenters. The van der Waals surface area contributed by atoms with E-state index in [9.17, 15) is 0 Å². The highest BCUT2D eigenvalue weighted by molar-refractivity contribution is 4.86. The van der Waals surface area contributed by atoms with Crippen LogP contribution < -0.4 is 5.73 Å². The van der Waals surface area contributed by atoms with Gasteiger partial charge in [-0.25, -0.2) is 0 Å². The van der Waals surface area contributed by atoms with Crippen molar-refractivity contribution >= 4 is 0 Å². The van der Waals surface area contributed by atoms with Crippen LogP contribution in [0.4, 0.5) is 0 Å². The fraction of sp³-hybridized carbons (Fsp3) is 1.00. The van der Waals surface area contributed by atoms with Crippen molar-refractivity contribution in [1.82, 2.24) is 0 Å². The van der Waals surface area contributed by atoms with Crippen LogP contribution in [0.1, 0.15) is 58.8 Å². The first-order chi connectivity index (χ1) is 7.70. The molecule has 2 aliphatic rings. The van der Waals surface area contributed by atoms with Crippen molar-refractivity contribution in [2.24, 2.45) is 35.3 Å². The first-order valence-corrected chi connectivity index (χ1v) is 7.40. The Hall–Kier alpha value is -0.0400. The smallest absolute Gasteiger partial charge is 0.00461 e. The molecule has 2 fully saturated rings. The molecule has 1 nitrogen and oxygen atoms in total. The van der Waals surface area contributed by atoms with Gasteiger partial charge >= 0.3 is 0 Å². The van der Waals surface area contributed by atoms with E-state index in [1.165, 1.54) is 44.9 Å². The van der Waals surface area contributed by atoms with Crippen molar-refractivity contribution in [3.8, 4) is 0 Å². The fourth-order valence-electron chi connectivity index (χ4n) is 4.07. The number of hydrogen-bond acceptors (Lipinski definition) is 1. The zero-order valence-electron chi connectivity index (χ0n) is 11.1. The van der Waals surface area contributed by atoms with Crippen LogP contribution in [0.5, 0.6) is 0 Å². The van der Waals surface area contributed by atoms with E-state index >= 15 is 0 Å². The van der Waals surface area contributed by atoms with Crippen LogP contribution in [-0.4, -0.2) is 6.54 Å². The standard InChI is InChI=1S/C15H29N/c1-11-3-6-13(7-4-11)15-9-12(2)5-8-14(15)10-16/h11-15H,3-10,16H2,1-2H3. The maximum absolute atomic E-state index is 5.97. The molecule has 0 aromatic carbocycles. The van der Waals surface area contributed by atoms with Gasteiger partial charge in [0.2, 0.25) is 0 Å². The Morgan fingerprint density at radius 3 is 2.12 bits per heavy atom. The van der Waals surface area contributed by atoms with Crippen molar-refractivity contribution in [3.05, 3.63) is 0 Å². The molecule has 2 rings (SSSR count). The Balaban J connectivity index is 1.94. The second-order valence-electron chi connectivity index (χ2n) is 6.60. The summed E-state index contributed by atoms with van der Waals surface area (Å²) in [5.74, 6) is 4.74. The average molecular weight is 223 g/mol. The minimum Gasteiger partial charge on any atom is -0.330 e. The Labute approximate surface area is 101 Å². The van der Waals surface area contributed by atoms with Gasteiger partial charge in [0.25, 0.3) is 0 Å². The summed E-state index contributed by atoms with van der Waals surface area (Å²) < 4.78 is 0. The lowest BCUT2D eigenvalue weighted by molar-refractivity contribution is 0.0956. The highest BCUT2D eigenvalue weighted by atomic mass is 14.6. The third-order valence-corrected chi connectivity index (χ3v) is 5.28. The molecule has 0 aromatic rings. The van der Waals surface area contributed by atoms with Gasteiger partial charge in [0.05, 0.1) is 0 Å². The Kier molecular flexibility index (Phi) is 4.29. The van der Waals surface area contributed by atoms with Crippen molar-refractivity contribution < 1.29 is 0 Å². The van der Waals surface area contributed by atoms with Crippen LogP contribution in [0.2, 0.25) is 0 Å². The quantitative estimate of drug-likeness (QED) is 0.756. The van der Waals surface area contributed by atoms with Gasteiger partial charge in [-0.05, 0) is 61.8 Å². The molecule has 0 radical (unpaired) electrons. The molecule has 2 saturated carbocycles. The molecule has 0 aliphatic heterocycles. The number of hydrogen-bond donors (Lipinski definition) is 1. The molecule has 0 aromatic heterocycles. The van der Waals surface area contributed by atoms with Gasteiger partial charge in [0.15, 0.2) is 0 Å². The molecule has 16 heavy (non-hydrogen) atoms. The molecule has 2 N–H and O–H groups in total. The van der Waals surface area contributed by atoms with E-state index in [1.807, 2.05) is 0 Å². The zero-order chi connectivity index (χ0) is 11.5. The van der Waals surface area contributed by atoms with Crippen LogP contribution in [-0.2, 0) is 0 Å². The largest absolute Gasteiger partial charge is 0.330 e. The van der Waals surface area contributed by atoms with Gasteiger partial charge < -0.3 is 5.73 Å². The van der Waals surface area contributed by atoms with E-state index < -0.39 is 0 Å². The van der Waals surface area contributed by atoms with E-state index in [2.05, 4.69) is 13.8 Å². The van der Waals surface area contributed by atoms with Gasteiger partial charge in [-0.15, -0.1) is 0 Å². The Bertz CT molecular complexity index is 205. The van der Waals surface area contributed by atoms with Crippen LogP contribution >= 0.6 is 0 Å². The lowest BCUT2D eigenvalue weighted by Crippen LogP contribution is -2.35. The summed E-state index contributed by atoms with van der Waals surface area (Å²) in [4.78, 5) is 0. The second-order valence-corrected chi connectivity index (χ2v) is 6.60. The fourth-order valence-corrected chi connectivity index (χ4v) is 4.07. The van der Waals surface area contributed by atoms with Gasteiger partial charge in [-0.2, -0.15) is 0 Å². The molecule has 1 heteroatoms. The third-order valence-electron chi connectivity index (χ3n) is 5.28. The average Bonchev–Trinajstić information content (AvgIpc) is 2.30. The van der Waals surface area contributed by atoms with E-state index in [4.69, 9.17) is 5.73 Å². The molecule has 0 spiro atoms. The topological polar surface area (TPSA) is 26.0 Å². The van der Waals surface area contributed by atoms with Crippen molar-refractivity contribution in [1.29, 1.82) is 0 Å². The van der Waals surface area contributed by atoms with Gasteiger partial charge in [0, 0.05) is 0 Å². The molecule has 0 bridgehead atoms. The molecular weight excluding hydrogens is 194 g/mol. The minimum absolute atomic E-state index is 0.842. The molecule has 2 aliphatic carbocycles. The third kappa shape index (κ3) is 2.80. The molecule has 3 atom stereocenters. The number of rotatable bonds is 2. The van der Waals surface area contributed by atoms with Gasteiger partial charge in [0.1, 0.15) is 0 Å². The summed E-state index contributed by atoms with van der Waals surface area (Å²) in [7, 11) is 0. The van der Waals surface area contributed by atoms with Crippen LogP contribution in [0, 0.1) is 29.6 Å². The lowest BCUT2D eigenvalue weighted by atomic mass is 9.64. The summed E-state index contributed by atoms with van der Waals surface area (Å²) in [5, 5.41) is 0. The highest BCUT2D eigenvalue weighted by Gasteiger charge is 2.34. The summed E-state index contributed by atoms with van der Waals surface area (Å²) in [6, 6.07) is 0. The predicted octanol–water partition coefficient (Wildman–Crippen LogP) is 3.82. The molecular formula is C15H29N. The predicted molar refractivity (Wildman–Crippen MR) is 70.2 cm³/mol. The SMILES string of the molecule is CC1CCC(C2CC(C)CCC2CN)CC1. The van der Waals surface area contributed by atoms with E-state index in [0.717, 1.165) is 36.1 Å². The van der Waals surface area contributed by atoms with E-state index in [0.29, 0.717) is 0 Å². The Morgan fingerprint density at radius 2 is 1.50 bits per heavy atom. The van der Waals surface area contributed by atoms with E-state index in [-0.39, 0.29) is 0 Å². The lowest BCUT2D eigenvalue weighted by Gasteiger charge is -2.41. The van der Waals surface area contributed by atoms with Crippen molar-refractivity contribution in [2.45, 2.75) is 58.8 Å². The molecule has 94 valence electrons. The maximum Gasteiger partial charge on any atom is -0.00461 e. The second kappa shape index (κ2) is 5.53. The van der Waals surface area contributed by atoms with E-state index in [1.54, 1.807) is 0 Å². The zero-order valence-corrected chi connectivity index (χ0v) is 11.1. The highest BCUT2D eigenvalue weighted by Crippen LogP contribution is 2.43. The van der Waals surface area contributed by atoms with Gasteiger partial charge in [-0.3, -0.25) is 0 Å². The summed E-state index contributed by atoms with van der Waals surface area (Å²) in [6.07, 6.45) is 10.2. The summed E-state index contributed by atoms with van der Waals surface area (Å²) in [5.41, 5.74) is 5.97. The summed E-state index contributed by atoms with van der Waals surface area (Å²) >= 11 is 0. The minimum atomic E-state index is 0.842. The van der Waals surface area contributed by atoms with Crippen molar-refractivity contribution in [2.75, 3.05) is 6.54 Å². The Morgan fingerprint density at radius 1 is 0.875 bits per heavy atom. The monoisotopic (exact) mass is 223 g/mol. The van der Waals surface area contributed by atoms with Crippen molar-refractivity contribution in [3.63, 3.8) is 0 Å². The molecule has 0 heterocycles. The van der Waals surface area contributed by atoms with Crippen LogP contribution in [0.15, 0.2) is 0 Å². The van der Waals surface area contributed by atoms with Gasteiger partial charge in [-0.1, -0.05) is 33.1 Å².